The highest BCUT2D eigenvalue weighted by Gasteiger charge is 2.53. The average Bonchev–Trinajstić information content (AvgIpc) is 2.26. The molecule has 112 valence electrons. The maximum absolute atomic E-state index is 12.1. The molecule has 1 aliphatic rings. The van der Waals surface area contributed by atoms with Crippen LogP contribution in [0.5, 0.6) is 0 Å². The lowest BCUT2D eigenvalue weighted by Gasteiger charge is -2.50. The van der Waals surface area contributed by atoms with Crippen LogP contribution >= 0.6 is 0 Å². The molecule has 3 nitrogen and oxygen atoms in total. The fourth-order valence-corrected chi connectivity index (χ4v) is 3.92. The lowest BCUT2D eigenvalue weighted by atomic mass is 9.58. The molecule has 1 N–H and O–H groups in total. The molecule has 0 saturated heterocycles. The number of ether oxygens (including phenoxy) is 1. The molecule has 0 bridgehead atoms. The first-order chi connectivity index (χ1) is 8.64. The minimum Gasteiger partial charge on any atom is -0.469 e. The Kier molecular flexibility index (Phi) is 5.05. The molecule has 0 heterocycles. The Labute approximate surface area is 117 Å². The number of methoxy groups -OCH3 is 1. The van der Waals surface area contributed by atoms with E-state index in [4.69, 9.17) is 4.74 Å². The number of carbonyl (C=O) groups is 1. The fraction of sp³-hybridized carbons (Fsp3) is 0.938. The van der Waals surface area contributed by atoms with E-state index >= 15 is 0 Å². The van der Waals surface area contributed by atoms with Gasteiger partial charge < -0.3 is 9.84 Å². The van der Waals surface area contributed by atoms with Crippen molar-refractivity contribution in [3.05, 3.63) is 0 Å². The summed E-state index contributed by atoms with van der Waals surface area (Å²) in [7, 11) is 1.41. The van der Waals surface area contributed by atoms with Gasteiger partial charge in [0.25, 0.3) is 0 Å². The van der Waals surface area contributed by atoms with E-state index < -0.39 is 11.5 Å². The normalized spacial score (nSPS) is 30.2. The molecule has 1 aliphatic carbocycles. The predicted octanol–water partition coefficient (Wildman–Crippen LogP) is 3.40. The maximum atomic E-state index is 12.1. The van der Waals surface area contributed by atoms with E-state index in [9.17, 15) is 9.90 Å². The molecule has 0 aliphatic heterocycles. The Morgan fingerprint density at radius 3 is 2.32 bits per heavy atom. The second-order valence-corrected chi connectivity index (χ2v) is 7.40. The van der Waals surface area contributed by atoms with Crippen LogP contribution in [0.4, 0.5) is 0 Å². The lowest BCUT2D eigenvalue weighted by molar-refractivity contribution is -0.178. The lowest BCUT2D eigenvalue weighted by Crippen LogP contribution is -2.56. The molecule has 3 heteroatoms. The Morgan fingerprint density at radius 1 is 1.32 bits per heavy atom. The van der Waals surface area contributed by atoms with Crippen molar-refractivity contribution in [2.75, 3.05) is 7.11 Å². The monoisotopic (exact) mass is 270 g/mol. The highest BCUT2D eigenvalue weighted by molar-refractivity contribution is 5.74. The molecular formula is C16H30O3. The number of hydrogen-bond acceptors (Lipinski definition) is 3. The number of esters is 1. The third-order valence-corrected chi connectivity index (χ3v) is 4.63. The Hall–Kier alpha value is -0.570. The van der Waals surface area contributed by atoms with E-state index in [0.29, 0.717) is 6.42 Å². The van der Waals surface area contributed by atoms with E-state index in [1.165, 1.54) is 7.11 Å². The van der Waals surface area contributed by atoms with Crippen molar-refractivity contribution >= 4 is 5.97 Å². The van der Waals surface area contributed by atoms with Crippen LogP contribution in [0.3, 0.4) is 0 Å². The van der Waals surface area contributed by atoms with E-state index in [2.05, 4.69) is 20.8 Å². The van der Waals surface area contributed by atoms with Crippen LogP contribution in [-0.2, 0) is 9.53 Å². The van der Waals surface area contributed by atoms with Gasteiger partial charge in [-0.25, -0.2) is 0 Å². The zero-order valence-electron chi connectivity index (χ0n) is 13.3. The highest BCUT2D eigenvalue weighted by Crippen LogP contribution is 2.49. The zero-order valence-corrected chi connectivity index (χ0v) is 13.3. The SMILES string of the molecule is COC(=O)C(C(C)C)C1(O)CCCCC1C(C)(C)C. The third-order valence-electron chi connectivity index (χ3n) is 4.63. The summed E-state index contributed by atoms with van der Waals surface area (Å²) in [5.41, 5.74) is -0.936. The molecule has 0 aromatic heterocycles. The van der Waals surface area contributed by atoms with E-state index in [-0.39, 0.29) is 23.2 Å². The van der Waals surface area contributed by atoms with Gasteiger partial charge in [-0.3, -0.25) is 4.79 Å². The molecule has 3 unspecified atom stereocenters. The highest BCUT2D eigenvalue weighted by atomic mass is 16.5. The molecule has 0 amide bonds. The number of aliphatic hydroxyl groups is 1. The molecule has 3 atom stereocenters. The zero-order chi connectivity index (χ0) is 14.8. The van der Waals surface area contributed by atoms with Crippen molar-refractivity contribution in [3.8, 4) is 0 Å². The minimum absolute atomic E-state index is 0.00364. The molecule has 19 heavy (non-hydrogen) atoms. The standard InChI is InChI=1S/C16H30O3/c1-11(2)13(14(17)19-6)16(18)10-8-7-9-12(16)15(3,4)5/h11-13,18H,7-10H2,1-6H3. The molecule has 1 rings (SSSR count). The van der Waals surface area contributed by atoms with Crippen LogP contribution in [-0.4, -0.2) is 23.8 Å². The van der Waals surface area contributed by atoms with Crippen LogP contribution in [0, 0.1) is 23.2 Å². The number of carbonyl (C=O) groups excluding carboxylic acids is 1. The second-order valence-electron chi connectivity index (χ2n) is 7.40. The van der Waals surface area contributed by atoms with Gasteiger partial charge >= 0.3 is 5.97 Å². The van der Waals surface area contributed by atoms with Crippen molar-refractivity contribution in [1.82, 2.24) is 0 Å². The van der Waals surface area contributed by atoms with Crippen LogP contribution in [0.2, 0.25) is 0 Å². The predicted molar refractivity (Wildman–Crippen MR) is 76.7 cm³/mol. The van der Waals surface area contributed by atoms with Crippen molar-refractivity contribution in [3.63, 3.8) is 0 Å². The maximum Gasteiger partial charge on any atom is 0.311 e. The largest absolute Gasteiger partial charge is 0.469 e. The molecule has 0 aromatic carbocycles. The first kappa shape index (κ1) is 16.5. The summed E-state index contributed by atoms with van der Waals surface area (Å²) in [4.78, 5) is 12.1. The topological polar surface area (TPSA) is 46.5 Å². The van der Waals surface area contributed by atoms with Gasteiger partial charge in [0, 0.05) is 0 Å². The average molecular weight is 270 g/mol. The Morgan fingerprint density at radius 2 is 1.89 bits per heavy atom. The summed E-state index contributed by atoms with van der Waals surface area (Å²) in [5.74, 6) is -0.476. The van der Waals surface area contributed by atoms with Gasteiger partial charge in [0.1, 0.15) is 0 Å². The number of rotatable bonds is 3. The van der Waals surface area contributed by atoms with Crippen molar-refractivity contribution in [2.24, 2.45) is 23.2 Å². The van der Waals surface area contributed by atoms with Crippen molar-refractivity contribution < 1.29 is 14.6 Å². The summed E-state index contributed by atoms with van der Waals surface area (Å²) in [6.07, 6.45) is 3.81. The summed E-state index contributed by atoms with van der Waals surface area (Å²) < 4.78 is 4.95. The van der Waals surface area contributed by atoms with Gasteiger partial charge in [-0.1, -0.05) is 47.5 Å². The molecule has 0 spiro atoms. The van der Waals surface area contributed by atoms with Gasteiger partial charge in [-0.15, -0.1) is 0 Å². The van der Waals surface area contributed by atoms with Gasteiger partial charge in [-0.2, -0.15) is 0 Å². The van der Waals surface area contributed by atoms with Gasteiger partial charge in [0.15, 0.2) is 0 Å². The summed E-state index contributed by atoms with van der Waals surface area (Å²) in [6.45, 7) is 10.5. The van der Waals surface area contributed by atoms with Gasteiger partial charge in [0.2, 0.25) is 0 Å². The molecular weight excluding hydrogens is 240 g/mol. The van der Waals surface area contributed by atoms with E-state index in [1.54, 1.807) is 0 Å². The van der Waals surface area contributed by atoms with Crippen LogP contribution in [0.25, 0.3) is 0 Å². The molecule has 0 aromatic rings. The quantitative estimate of drug-likeness (QED) is 0.800. The third kappa shape index (κ3) is 3.31. The molecule has 1 fully saturated rings. The van der Waals surface area contributed by atoms with Gasteiger partial charge in [-0.05, 0) is 30.1 Å². The van der Waals surface area contributed by atoms with Crippen molar-refractivity contribution in [2.45, 2.75) is 65.9 Å². The van der Waals surface area contributed by atoms with Crippen molar-refractivity contribution in [1.29, 1.82) is 0 Å². The van der Waals surface area contributed by atoms with Crippen LogP contribution in [0.15, 0.2) is 0 Å². The van der Waals surface area contributed by atoms with Gasteiger partial charge in [0.05, 0.1) is 18.6 Å². The minimum atomic E-state index is -0.933. The van der Waals surface area contributed by atoms with E-state index in [1.807, 2.05) is 13.8 Å². The Balaban J connectivity index is 3.17. The molecule has 0 radical (unpaired) electrons. The Bertz CT molecular complexity index is 316. The summed E-state index contributed by atoms with van der Waals surface area (Å²) in [5, 5.41) is 11.3. The number of hydrogen-bond donors (Lipinski definition) is 1. The van der Waals surface area contributed by atoms with Crippen LogP contribution < -0.4 is 0 Å². The first-order valence-electron chi connectivity index (χ1n) is 7.44. The summed E-state index contributed by atoms with van der Waals surface area (Å²) >= 11 is 0. The molecule has 1 saturated carbocycles. The van der Waals surface area contributed by atoms with Crippen LogP contribution in [0.1, 0.15) is 60.3 Å². The second kappa shape index (κ2) is 5.82. The smallest absolute Gasteiger partial charge is 0.311 e. The summed E-state index contributed by atoms with van der Waals surface area (Å²) in [6, 6.07) is 0. The van der Waals surface area contributed by atoms with E-state index in [0.717, 1.165) is 19.3 Å². The first-order valence-corrected chi connectivity index (χ1v) is 7.44. The fourth-order valence-electron chi connectivity index (χ4n) is 3.92.